The average molecular weight is 636 g/mol. The quantitative estimate of drug-likeness (QED) is 0.175. The van der Waals surface area contributed by atoms with E-state index in [1.54, 1.807) is 0 Å². The Kier molecular flexibility index (Phi) is 6.36. The predicted octanol–water partition coefficient (Wildman–Crippen LogP) is 13.5. The van der Waals surface area contributed by atoms with E-state index in [-0.39, 0.29) is 21.8 Å². The van der Waals surface area contributed by atoms with Gasteiger partial charge in [-0.25, -0.2) is 0 Å². The van der Waals surface area contributed by atoms with Gasteiger partial charge in [0.05, 0.1) is 5.54 Å². The van der Waals surface area contributed by atoms with Crippen LogP contribution in [0.2, 0.25) is 0 Å². The van der Waals surface area contributed by atoms with Crippen LogP contribution in [0.25, 0.3) is 54.6 Å². The molecule has 2 unspecified atom stereocenters. The molecule has 1 fully saturated rings. The fourth-order valence-electron chi connectivity index (χ4n) is 11.0. The number of benzene rings is 7. The number of rotatable bonds is 3. The summed E-state index contributed by atoms with van der Waals surface area (Å²) >= 11 is 0. The van der Waals surface area contributed by atoms with Crippen molar-refractivity contribution in [2.75, 3.05) is 4.90 Å². The van der Waals surface area contributed by atoms with E-state index in [4.69, 9.17) is 0 Å². The van der Waals surface area contributed by atoms with E-state index in [2.05, 4.69) is 186 Å². The van der Waals surface area contributed by atoms with Crippen LogP contribution < -0.4 is 4.90 Å². The zero-order chi connectivity index (χ0) is 33.8. The van der Waals surface area contributed by atoms with Gasteiger partial charge in [0, 0.05) is 16.8 Å². The van der Waals surface area contributed by atoms with Gasteiger partial charge in [0.2, 0.25) is 0 Å². The first-order valence-electron chi connectivity index (χ1n) is 18.0. The van der Waals surface area contributed by atoms with Gasteiger partial charge >= 0.3 is 0 Å². The van der Waals surface area contributed by atoms with Crippen LogP contribution in [0.5, 0.6) is 0 Å². The Morgan fingerprint density at radius 2 is 1.04 bits per heavy atom. The minimum absolute atomic E-state index is 0.0722. The maximum absolute atomic E-state index is 2.70. The minimum atomic E-state index is -0.0943. The number of para-hydroxylation sites is 1. The number of hydrogen-bond donors (Lipinski definition) is 0. The molecular weight excluding hydrogens is 591 g/mol. The van der Waals surface area contributed by atoms with Crippen molar-refractivity contribution < 1.29 is 0 Å². The van der Waals surface area contributed by atoms with E-state index in [1.165, 1.54) is 77.9 Å². The molecule has 1 aliphatic heterocycles. The summed E-state index contributed by atoms with van der Waals surface area (Å²) in [4.78, 5) is 2.70. The molecule has 0 aromatic heterocycles. The summed E-state index contributed by atoms with van der Waals surface area (Å²) in [6.07, 6.45) is 2.31. The van der Waals surface area contributed by atoms with Crippen molar-refractivity contribution in [1.29, 1.82) is 0 Å². The third kappa shape index (κ3) is 4.11. The van der Waals surface area contributed by atoms with Gasteiger partial charge in [0.25, 0.3) is 0 Å². The molecule has 7 aromatic rings. The van der Waals surface area contributed by atoms with E-state index in [0.29, 0.717) is 0 Å². The molecule has 0 amide bonds. The van der Waals surface area contributed by atoms with Gasteiger partial charge in [-0.1, -0.05) is 150 Å². The Balaban J connectivity index is 1.35. The second-order valence-corrected chi connectivity index (χ2v) is 16.6. The second-order valence-electron chi connectivity index (χ2n) is 16.6. The highest BCUT2D eigenvalue weighted by molar-refractivity contribution is 6.23. The van der Waals surface area contributed by atoms with Crippen LogP contribution in [-0.4, -0.2) is 5.54 Å². The molecule has 49 heavy (non-hydrogen) atoms. The lowest BCUT2D eigenvalue weighted by Gasteiger charge is -2.62. The Morgan fingerprint density at radius 3 is 1.69 bits per heavy atom. The van der Waals surface area contributed by atoms with E-state index < -0.39 is 0 Å². The SMILES string of the molecule is CC1(C)CC(C)(C)C2(C)c3cc(-c4c5ccccc5c(-c5cccc6ccccc56)c5ccccc45)ccc3N(c3ccccc3)C2(C)C1. The maximum atomic E-state index is 2.70. The minimum Gasteiger partial charge on any atom is -0.334 e. The number of hydrogen-bond acceptors (Lipinski definition) is 1. The fourth-order valence-corrected chi connectivity index (χ4v) is 11.0. The molecule has 0 bridgehead atoms. The molecule has 2 atom stereocenters. The van der Waals surface area contributed by atoms with E-state index in [9.17, 15) is 0 Å². The third-order valence-corrected chi connectivity index (χ3v) is 12.7. The predicted molar refractivity (Wildman–Crippen MR) is 211 cm³/mol. The first kappa shape index (κ1) is 30.2. The normalized spacial score (nSPS) is 22.4. The molecule has 7 aromatic carbocycles. The van der Waals surface area contributed by atoms with Gasteiger partial charge in [-0.15, -0.1) is 0 Å². The molecule has 2 aliphatic rings. The summed E-state index contributed by atoms with van der Waals surface area (Å²) in [5, 5.41) is 7.78. The Morgan fingerprint density at radius 1 is 0.490 bits per heavy atom. The summed E-state index contributed by atoms with van der Waals surface area (Å²) < 4.78 is 0. The molecule has 1 aliphatic carbocycles. The van der Waals surface area contributed by atoms with Gasteiger partial charge in [0.1, 0.15) is 0 Å². The molecule has 0 saturated heterocycles. The standard InChI is InChI=1S/C48H45N/c1-45(2)30-46(3,4)48(6)41-29-33(27-28-42(41)49(47(48,5)31-45)34-19-8-7-9-20-34)43-37-22-12-14-24-39(37)44(40-25-15-13-23-38(40)43)36-26-16-18-32-17-10-11-21-35(32)36/h7-29H,30-31H2,1-6H3. The lowest BCUT2D eigenvalue weighted by Crippen LogP contribution is -2.65. The van der Waals surface area contributed by atoms with Crippen molar-refractivity contribution in [3.05, 3.63) is 145 Å². The molecule has 0 N–H and O–H groups in total. The number of fused-ring (bicyclic) bond motifs is 6. The van der Waals surface area contributed by atoms with Crippen LogP contribution in [0.1, 0.15) is 59.9 Å². The zero-order valence-corrected chi connectivity index (χ0v) is 29.6. The summed E-state index contributed by atoms with van der Waals surface area (Å²) in [6.45, 7) is 15.1. The number of nitrogens with zero attached hydrogens (tertiary/aromatic N) is 1. The molecule has 0 radical (unpaired) electrons. The highest BCUT2D eigenvalue weighted by Gasteiger charge is 2.67. The van der Waals surface area contributed by atoms with E-state index in [0.717, 1.165) is 6.42 Å². The molecule has 242 valence electrons. The largest absolute Gasteiger partial charge is 0.334 e. The average Bonchev–Trinajstić information content (AvgIpc) is 3.29. The van der Waals surface area contributed by atoms with Crippen LogP contribution >= 0.6 is 0 Å². The molecule has 1 nitrogen and oxygen atoms in total. The van der Waals surface area contributed by atoms with Crippen LogP contribution in [0, 0.1) is 10.8 Å². The van der Waals surface area contributed by atoms with Gasteiger partial charge in [-0.2, -0.15) is 0 Å². The van der Waals surface area contributed by atoms with Crippen molar-refractivity contribution in [2.45, 2.75) is 65.3 Å². The lowest BCUT2D eigenvalue weighted by molar-refractivity contribution is -0.0236. The Labute approximate surface area is 291 Å². The molecular formula is C48H45N. The van der Waals surface area contributed by atoms with E-state index >= 15 is 0 Å². The molecule has 1 saturated carbocycles. The summed E-state index contributed by atoms with van der Waals surface area (Å²) in [5.74, 6) is 0. The highest BCUT2D eigenvalue weighted by Crippen LogP contribution is 2.70. The third-order valence-electron chi connectivity index (χ3n) is 12.7. The Hall–Kier alpha value is -4.88. The van der Waals surface area contributed by atoms with Crippen molar-refractivity contribution in [2.24, 2.45) is 10.8 Å². The van der Waals surface area contributed by atoms with Gasteiger partial charge in [-0.05, 0) is 115 Å². The highest BCUT2D eigenvalue weighted by atomic mass is 15.3. The van der Waals surface area contributed by atoms with Crippen LogP contribution in [-0.2, 0) is 5.41 Å². The molecule has 1 heterocycles. The van der Waals surface area contributed by atoms with E-state index in [1.807, 2.05) is 0 Å². The van der Waals surface area contributed by atoms with Gasteiger partial charge in [0.15, 0.2) is 0 Å². The van der Waals surface area contributed by atoms with Crippen molar-refractivity contribution in [3.8, 4) is 22.3 Å². The Bertz CT molecular complexity index is 2370. The van der Waals surface area contributed by atoms with Crippen LogP contribution in [0.15, 0.2) is 140 Å². The lowest BCUT2D eigenvalue weighted by atomic mass is 9.45. The van der Waals surface area contributed by atoms with Crippen molar-refractivity contribution in [1.82, 2.24) is 0 Å². The number of anilines is 2. The van der Waals surface area contributed by atoms with Crippen LogP contribution in [0.4, 0.5) is 11.4 Å². The summed E-state index contributed by atoms with van der Waals surface area (Å²) in [6, 6.07) is 52.3. The first-order valence-corrected chi connectivity index (χ1v) is 18.0. The monoisotopic (exact) mass is 635 g/mol. The first-order chi connectivity index (χ1) is 23.5. The molecule has 0 spiro atoms. The van der Waals surface area contributed by atoms with Gasteiger partial charge < -0.3 is 4.90 Å². The van der Waals surface area contributed by atoms with Crippen LogP contribution in [0.3, 0.4) is 0 Å². The smallest absolute Gasteiger partial charge is 0.0528 e. The van der Waals surface area contributed by atoms with Crippen molar-refractivity contribution in [3.63, 3.8) is 0 Å². The summed E-state index contributed by atoms with van der Waals surface area (Å²) in [5.41, 5.74) is 9.47. The van der Waals surface area contributed by atoms with Crippen molar-refractivity contribution >= 4 is 43.7 Å². The maximum Gasteiger partial charge on any atom is 0.0528 e. The summed E-state index contributed by atoms with van der Waals surface area (Å²) in [7, 11) is 0. The zero-order valence-electron chi connectivity index (χ0n) is 29.6. The fraction of sp³-hybridized carbons (Fsp3) is 0.250. The molecule has 1 heteroatoms. The molecule has 9 rings (SSSR count). The van der Waals surface area contributed by atoms with Gasteiger partial charge in [-0.3, -0.25) is 0 Å². The second kappa shape index (κ2) is 10.3. The topological polar surface area (TPSA) is 3.24 Å².